The number of halogens is 3. The van der Waals surface area contributed by atoms with Crippen molar-refractivity contribution in [3.63, 3.8) is 0 Å². The van der Waals surface area contributed by atoms with Crippen LogP contribution in [-0.4, -0.2) is 5.78 Å². The first-order chi connectivity index (χ1) is 10.2. The summed E-state index contributed by atoms with van der Waals surface area (Å²) in [6.45, 7) is 8.73. The van der Waals surface area contributed by atoms with Gasteiger partial charge in [-0.15, -0.1) is 6.58 Å². The molecule has 2 rings (SSSR count). The molecule has 120 valence electrons. The summed E-state index contributed by atoms with van der Waals surface area (Å²) in [4.78, 5) is 11.7. The maximum Gasteiger partial charge on any atom is 0.416 e. The number of aryl methyl sites for hydroxylation is 1. The van der Waals surface area contributed by atoms with E-state index in [1.54, 1.807) is 19.9 Å². The van der Waals surface area contributed by atoms with Crippen molar-refractivity contribution in [2.45, 2.75) is 46.2 Å². The Balaban J connectivity index is 0.000000745. The molecule has 0 amide bonds. The molecule has 0 radical (unpaired) electrons. The van der Waals surface area contributed by atoms with Gasteiger partial charge in [0, 0.05) is 6.42 Å². The van der Waals surface area contributed by atoms with Crippen LogP contribution in [0.1, 0.15) is 49.8 Å². The van der Waals surface area contributed by atoms with Crippen LogP contribution in [-0.2, 0) is 11.0 Å². The largest absolute Gasteiger partial charge is 0.416 e. The average molecular weight is 310 g/mol. The fourth-order valence-corrected chi connectivity index (χ4v) is 2.43. The van der Waals surface area contributed by atoms with Crippen molar-refractivity contribution in [3.05, 3.63) is 53.1 Å². The molecule has 0 aliphatic heterocycles. The fourth-order valence-electron chi connectivity index (χ4n) is 2.43. The number of carbonyl (C=O) groups is 1. The van der Waals surface area contributed by atoms with Crippen molar-refractivity contribution in [2.24, 2.45) is 0 Å². The summed E-state index contributed by atoms with van der Waals surface area (Å²) in [5.74, 6) is 0.0399. The first kappa shape index (κ1) is 18.2. The maximum atomic E-state index is 12.8. The predicted octanol–water partition coefficient (Wildman–Crippen LogP) is 5.73. The van der Waals surface area contributed by atoms with E-state index in [0.717, 1.165) is 23.3 Å². The molecule has 0 heterocycles. The van der Waals surface area contributed by atoms with Gasteiger partial charge in [-0.3, -0.25) is 4.79 Å². The van der Waals surface area contributed by atoms with Crippen molar-refractivity contribution in [1.82, 2.24) is 0 Å². The van der Waals surface area contributed by atoms with Gasteiger partial charge in [-0.05, 0) is 68.0 Å². The molecule has 0 saturated heterocycles. The number of allylic oxidation sites excluding steroid dienone is 3. The van der Waals surface area contributed by atoms with Gasteiger partial charge >= 0.3 is 6.18 Å². The summed E-state index contributed by atoms with van der Waals surface area (Å²) in [6, 6.07) is 3.71. The minimum absolute atomic E-state index is 0.0399. The van der Waals surface area contributed by atoms with Crippen molar-refractivity contribution in [1.29, 1.82) is 0 Å². The molecule has 0 saturated carbocycles. The van der Waals surface area contributed by atoms with Crippen LogP contribution in [0, 0.1) is 6.92 Å². The lowest BCUT2D eigenvalue weighted by Crippen LogP contribution is -2.11. The molecule has 0 fully saturated rings. The van der Waals surface area contributed by atoms with Gasteiger partial charge in [-0.2, -0.15) is 13.2 Å². The molecule has 1 aliphatic carbocycles. The topological polar surface area (TPSA) is 17.1 Å². The van der Waals surface area contributed by atoms with Crippen LogP contribution in [0.3, 0.4) is 0 Å². The van der Waals surface area contributed by atoms with Gasteiger partial charge in [0.15, 0.2) is 5.78 Å². The van der Waals surface area contributed by atoms with Gasteiger partial charge in [-0.1, -0.05) is 12.1 Å². The summed E-state index contributed by atoms with van der Waals surface area (Å²) in [7, 11) is 0. The molecule has 0 unspecified atom stereocenters. The lowest BCUT2D eigenvalue weighted by Gasteiger charge is -2.20. The molecule has 1 aromatic carbocycles. The fraction of sp³-hybridized carbons (Fsp3) is 0.389. The van der Waals surface area contributed by atoms with Crippen LogP contribution < -0.4 is 0 Å². The highest BCUT2D eigenvalue weighted by atomic mass is 19.4. The zero-order chi connectivity index (χ0) is 16.9. The lowest BCUT2D eigenvalue weighted by molar-refractivity contribution is -0.137. The van der Waals surface area contributed by atoms with Crippen LogP contribution in [0.4, 0.5) is 13.2 Å². The molecule has 0 N–H and O–H groups in total. The molecule has 0 bridgehead atoms. The van der Waals surface area contributed by atoms with E-state index in [1.165, 1.54) is 6.07 Å². The van der Waals surface area contributed by atoms with Gasteiger partial charge in [0.1, 0.15) is 0 Å². The van der Waals surface area contributed by atoms with E-state index in [2.05, 4.69) is 6.58 Å². The molecule has 0 spiro atoms. The van der Waals surface area contributed by atoms with Crippen LogP contribution in [0.15, 0.2) is 36.4 Å². The Kier molecular flexibility index (Phi) is 6.15. The van der Waals surface area contributed by atoms with E-state index in [1.807, 2.05) is 6.92 Å². The highest BCUT2D eigenvalue weighted by Crippen LogP contribution is 2.36. The minimum atomic E-state index is -4.35. The third kappa shape index (κ3) is 4.33. The number of ketones is 1. The first-order valence-corrected chi connectivity index (χ1v) is 7.20. The Hall–Kier alpha value is -1.84. The highest BCUT2D eigenvalue weighted by molar-refractivity contribution is 6.03. The van der Waals surface area contributed by atoms with Crippen LogP contribution in [0.2, 0.25) is 0 Å². The Morgan fingerprint density at radius 1 is 1.18 bits per heavy atom. The molecule has 1 aromatic rings. The van der Waals surface area contributed by atoms with E-state index in [4.69, 9.17) is 0 Å². The SMILES string of the molecule is C=CC.CC1=C(c2cc(C(F)(F)F)ccc2C)CCCC1=O. The number of alkyl halides is 3. The Bertz CT molecular complexity index is 595. The summed E-state index contributed by atoms with van der Waals surface area (Å²) >= 11 is 0. The molecule has 4 heteroatoms. The van der Waals surface area contributed by atoms with Crippen LogP contribution in [0.5, 0.6) is 0 Å². The number of rotatable bonds is 1. The van der Waals surface area contributed by atoms with Gasteiger partial charge in [0.05, 0.1) is 5.56 Å². The molecular weight excluding hydrogens is 289 g/mol. The van der Waals surface area contributed by atoms with Gasteiger partial charge in [0.2, 0.25) is 0 Å². The Labute approximate surface area is 129 Å². The number of Topliss-reactive ketones (excluding diaryl/α,β-unsaturated/α-hetero) is 1. The monoisotopic (exact) mass is 310 g/mol. The minimum Gasteiger partial charge on any atom is -0.295 e. The summed E-state index contributed by atoms with van der Waals surface area (Å²) in [5, 5.41) is 0. The average Bonchev–Trinajstić information content (AvgIpc) is 2.42. The molecule has 0 aromatic heterocycles. The van der Waals surface area contributed by atoms with E-state index in [-0.39, 0.29) is 5.78 Å². The normalized spacial score (nSPS) is 15.3. The first-order valence-electron chi connectivity index (χ1n) is 7.20. The standard InChI is InChI=1S/C15H15F3O.C3H6/c1-9-6-7-11(15(16,17)18)8-13(9)12-4-3-5-14(19)10(12)2;1-3-2/h6-8H,3-5H2,1-2H3;3H,1H2,2H3. The van der Waals surface area contributed by atoms with Crippen LogP contribution in [0.25, 0.3) is 5.57 Å². The number of hydrogen-bond donors (Lipinski definition) is 0. The number of hydrogen-bond acceptors (Lipinski definition) is 1. The van der Waals surface area contributed by atoms with Crippen LogP contribution >= 0.6 is 0 Å². The van der Waals surface area contributed by atoms with E-state index in [9.17, 15) is 18.0 Å². The van der Waals surface area contributed by atoms with Crippen molar-refractivity contribution < 1.29 is 18.0 Å². The third-order valence-corrected chi connectivity index (χ3v) is 3.59. The molecule has 0 atom stereocenters. The van der Waals surface area contributed by atoms with E-state index >= 15 is 0 Å². The second kappa shape index (κ2) is 7.43. The second-order valence-electron chi connectivity index (χ2n) is 5.32. The van der Waals surface area contributed by atoms with Gasteiger partial charge in [0.25, 0.3) is 0 Å². The zero-order valence-corrected chi connectivity index (χ0v) is 13.2. The summed E-state index contributed by atoms with van der Waals surface area (Å²) < 4.78 is 38.3. The third-order valence-electron chi connectivity index (χ3n) is 3.59. The van der Waals surface area contributed by atoms with E-state index in [0.29, 0.717) is 30.4 Å². The molecular formula is C18H21F3O. The second-order valence-corrected chi connectivity index (χ2v) is 5.32. The van der Waals surface area contributed by atoms with Gasteiger partial charge < -0.3 is 0 Å². The smallest absolute Gasteiger partial charge is 0.295 e. The summed E-state index contributed by atoms with van der Waals surface area (Å²) in [6.07, 6.45) is -0.732. The lowest BCUT2D eigenvalue weighted by atomic mass is 9.85. The highest BCUT2D eigenvalue weighted by Gasteiger charge is 2.31. The zero-order valence-electron chi connectivity index (χ0n) is 13.2. The van der Waals surface area contributed by atoms with Crippen molar-refractivity contribution >= 4 is 11.4 Å². The summed E-state index contributed by atoms with van der Waals surface area (Å²) in [5.41, 5.74) is 2.04. The quantitative estimate of drug-likeness (QED) is 0.605. The van der Waals surface area contributed by atoms with Crippen molar-refractivity contribution in [2.75, 3.05) is 0 Å². The van der Waals surface area contributed by atoms with Crippen molar-refractivity contribution in [3.8, 4) is 0 Å². The molecule has 1 aliphatic rings. The van der Waals surface area contributed by atoms with E-state index < -0.39 is 11.7 Å². The number of benzene rings is 1. The molecule has 22 heavy (non-hydrogen) atoms. The number of carbonyl (C=O) groups excluding carboxylic acids is 1. The molecule has 1 nitrogen and oxygen atoms in total. The predicted molar refractivity (Wildman–Crippen MR) is 83.5 cm³/mol. The van der Waals surface area contributed by atoms with Gasteiger partial charge in [-0.25, -0.2) is 0 Å². The Morgan fingerprint density at radius 2 is 1.77 bits per heavy atom. The Morgan fingerprint density at radius 3 is 2.32 bits per heavy atom. The maximum absolute atomic E-state index is 12.8.